The van der Waals surface area contributed by atoms with Crippen molar-refractivity contribution in [2.75, 3.05) is 31.7 Å². The van der Waals surface area contributed by atoms with E-state index in [1.54, 1.807) is 42.5 Å². The largest absolute Gasteiger partial charge is 0.494 e. The summed E-state index contributed by atoms with van der Waals surface area (Å²) < 4.78 is 46.0. The van der Waals surface area contributed by atoms with Crippen LogP contribution in [-0.4, -0.2) is 64.6 Å². The molecule has 0 bridgehead atoms. The Morgan fingerprint density at radius 1 is 0.917 bits per heavy atom. The van der Waals surface area contributed by atoms with Gasteiger partial charge < -0.3 is 24.4 Å². The van der Waals surface area contributed by atoms with E-state index in [0.29, 0.717) is 40.1 Å². The van der Waals surface area contributed by atoms with Crippen molar-refractivity contribution in [2.24, 2.45) is 0 Å². The molecule has 48 heavy (non-hydrogen) atoms. The fraction of sp³-hybridized carbons (Fsp3) is 0.429. The van der Waals surface area contributed by atoms with Gasteiger partial charge in [0.1, 0.15) is 18.3 Å². The smallest absolute Gasteiger partial charge is 0.264 e. The number of hydrogen-bond donors (Lipinski definition) is 1. The van der Waals surface area contributed by atoms with E-state index in [1.807, 2.05) is 13.8 Å². The standard InChI is InChI=1S/C35H43Cl2N3O7S/c1-5-31(35(42)38-26-10-8-7-9-11-26)39(22-24-12-13-25(36)20-30(24)37)34(41)23-40(27-14-16-28(17-15-27)47-6-2)48(43,44)29-18-19-32(45-3)33(21-29)46-4/h12-21,26,31H,5-11,22-23H2,1-4H3,(H,38,42). The zero-order valence-electron chi connectivity index (χ0n) is 27.7. The Hall–Kier alpha value is -3.67. The summed E-state index contributed by atoms with van der Waals surface area (Å²) in [6, 6.07) is 14.7. The Kier molecular flexibility index (Phi) is 13.3. The number of benzene rings is 3. The van der Waals surface area contributed by atoms with Crippen LogP contribution in [0.5, 0.6) is 17.2 Å². The molecule has 1 N–H and O–H groups in total. The van der Waals surface area contributed by atoms with E-state index in [1.165, 1.54) is 37.3 Å². The maximum atomic E-state index is 14.5. The molecule has 0 aliphatic heterocycles. The van der Waals surface area contributed by atoms with Crippen molar-refractivity contribution in [1.82, 2.24) is 10.2 Å². The molecular weight excluding hydrogens is 677 g/mol. The minimum atomic E-state index is -4.36. The highest BCUT2D eigenvalue weighted by atomic mass is 35.5. The number of halogens is 2. The van der Waals surface area contributed by atoms with Crippen molar-refractivity contribution in [3.05, 3.63) is 76.3 Å². The molecule has 0 spiro atoms. The topological polar surface area (TPSA) is 114 Å². The van der Waals surface area contributed by atoms with Gasteiger partial charge in [-0.2, -0.15) is 0 Å². The van der Waals surface area contributed by atoms with Crippen molar-refractivity contribution in [3.63, 3.8) is 0 Å². The van der Waals surface area contributed by atoms with Crippen LogP contribution in [0.4, 0.5) is 5.69 Å². The first-order valence-electron chi connectivity index (χ1n) is 16.0. The van der Waals surface area contributed by atoms with Crippen LogP contribution in [0.25, 0.3) is 0 Å². The lowest BCUT2D eigenvalue weighted by Crippen LogP contribution is -2.54. The minimum Gasteiger partial charge on any atom is -0.494 e. The van der Waals surface area contributed by atoms with E-state index in [0.717, 1.165) is 36.4 Å². The van der Waals surface area contributed by atoms with Crippen LogP contribution in [0.15, 0.2) is 65.6 Å². The molecule has 1 aliphatic rings. The maximum absolute atomic E-state index is 14.5. The van der Waals surface area contributed by atoms with Crippen molar-refractivity contribution >= 4 is 50.7 Å². The molecule has 10 nitrogen and oxygen atoms in total. The van der Waals surface area contributed by atoms with Gasteiger partial charge in [-0.3, -0.25) is 13.9 Å². The fourth-order valence-corrected chi connectivity index (χ4v) is 7.70. The van der Waals surface area contributed by atoms with Crippen molar-refractivity contribution in [3.8, 4) is 17.2 Å². The van der Waals surface area contributed by atoms with Crippen LogP contribution in [0.2, 0.25) is 10.0 Å². The summed E-state index contributed by atoms with van der Waals surface area (Å²) in [5.41, 5.74) is 0.791. The number of carbonyl (C=O) groups excluding carboxylic acids is 2. The monoisotopic (exact) mass is 719 g/mol. The van der Waals surface area contributed by atoms with E-state index in [2.05, 4.69) is 5.32 Å². The Balaban J connectivity index is 1.76. The molecule has 3 aromatic rings. The van der Waals surface area contributed by atoms with Gasteiger partial charge in [0, 0.05) is 28.7 Å². The molecule has 1 atom stereocenters. The number of carbonyl (C=O) groups is 2. The molecular formula is C35H43Cl2N3O7S. The van der Waals surface area contributed by atoms with Gasteiger partial charge in [0.25, 0.3) is 10.0 Å². The molecule has 1 aliphatic carbocycles. The number of anilines is 1. The molecule has 0 aromatic heterocycles. The third kappa shape index (κ3) is 9.06. The third-order valence-electron chi connectivity index (χ3n) is 8.35. The summed E-state index contributed by atoms with van der Waals surface area (Å²) in [6.45, 7) is 3.44. The predicted molar refractivity (Wildman–Crippen MR) is 188 cm³/mol. The number of nitrogens with zero attached hydrogens (tertiary/aromatic N) is 2. The summed E-state index contributed by atoms with van der Waals surface area (Å²) >= 11 is 12.7. The van der Waals surface area contributed by atoms with Gasteiger partial charge >= 0.3 is 0 Å². The number of ether oxygens (including phenoxy) is 3. The number of rotatable bonds is 15. The first-order chi connectivity index (χ1) is 23.0. The van der Waals surface area contributed by atoms with E-state index < -0.39 is 28.5 Å². The fourth-order valence-electron chi connectivity index (χ4n) is 5.81. The zero-order chi connectivity index (χ0) is 34.8. The number of methoxy groups -OCH3 is 2. The predicted octanol–water partition coefficient (Wildman–Crippen LogP) is 6.86. The van der Waals surface area contributed by atoms with Crippen molar-refractivity contribution in [2.45, 2.75) is 75.9 Å². The molecule has 0 radical (unpaired) electrons. The molecule has 2 amide bonds. The van der Waals surface area contributed by atoms with Crippen LogP contribution in [0, 0.1) is 0 Å². The van der Waals surface area contributed by atoms with Crippen molar-refractivity contribution < 1.29 is 32.2 Å². The van der Waals surface area contributed by atoms with Gasteiger partial charge in [0.2, 0.25) is 11.8 Å². The quantitative estimate of drug-likeness (QED) is 0.183. The van der Waals surface area contributed by atoms with Gasteiger partial charge in [-0.1, -0.05) is 55.5 Å². The molecule has 260 valence electrons. The van der Waals surface area contributed by atoms with E-state index in [4.69, 9.17) is 37.4 Å². The van der Waals surface area contributed by atoms with Crippen LogP contribution in [0.3, 0.4) is 0 Å². The molecule has 13 heteroatoms. The maximum Gasteiger partial charge on any atom is 0.264 e. The van der Waals surface area contributed by atoms with Crippen molar-refractivity contribution in [1.29, 1.82) is 0 Å². The normalized spacial score (nSPS) is 14.1. The summed E-state index contributed by atoms with van der Waals surface area (Å²) in [7, 11) is -1.50. The highest BCUT2D eigenvalue weighted by molar-refractivity contribution is 7.92. The number of nitrogens with one attached hydrogen (secondary N) is 1. The molecule has 4 rings (SSSR count). The zero-order valence-corrected chi connectivity index (χ0v) is 30.0. The lowest BCUT2D eigenvalue weighted by molar-refractivity contribution is -0.140. The molecule has 3 aromatic carbocycles. The van der Waals surface area contributed by atoms with E-state index in [9.17, 15) is 18.0 Å². The second-order valence-corrected chi connectivity index (χ2v) is 14.2. The van der Waals surface area contributed by atoms with Gasteiger partial charge in [0.15, 0.2) is 11.5 Å². The SMILES string of the molecule is CCOc1ccc(N(CC(=O)N(Cc2ccc(Cl)cc2Cl)C(CC)C(=O)NC2CCCCC2)S(=O)(=O)c2ccc(OC)c(OC)c2)cc1. The Morgan fingerprint density at radius 2 is 1.60 bits per heavy atom. The van der Waals surface area contributed by atoms with Gasteiger partial charge in [-0.05, 0) is 80.3 Å². The second kappa shape index (κ2) is 17.1. The molecule has 1 unspecified atom stereocenters. The molecule has 1 fully saturated rings. The lowest BCUT2D eigenvalue weighted by Gasteiger charge is -2.34. The van der Waals surface area contributed by atoms with Gasteiger partial charge in [0.05, 0.1) is 31.4 Å². The highest BCUT2D eigenvalue weighted by Crippen LogP contribution is 2.33. The lowest BCUT2D eigenvalue weighted by atomic mass is 9.95. The Morgan fingerprint density at radius 3 is 2.21 bits per heavy atom. The third-order valence-corrected chi connectivity index (χ3v) is 10.7. The number of sulfonamides is 1. The molecule has 0 heterocycles. The summed E-state index contributed by atoms with van der Waals surface area (Å²) in [6.07, 6.45) is 5.20. The highest BCUT2D eigenvalue weighted by Gasteiger charge is 2.35. The summed E-state index contributed by atoms with van der Waals surface area (Å²) in [4.78, 5) is 29.6. The number of hydrogen-bond acceptors (Lipinski definition) is 7. The molecule has 0 saturated heterocycles. The first kappa shape index (κ1) is 37.2. The van der Waals surface area contributed by atoms with Crippen LogP contribution in [0.1, 0.15) is 57.9 Å². The average Bonchev–Trinajstić information content (AvgIpc) is 3.08. The van der Waals surface area contributed by atoms with Gasteiger partial charge in [-0.15, -0.1) is 0 Å². The van der Waals surface area contributed by atoms with E-state index in [-0.39, 0.29) is 34.8 Å². The van der Waals surface area contributed by atoms with Crippen LogP contribution >= 0.6 is 23.2 Å². The summed E-state index contributed by atoms with van der Waals surface area (Å²) in [5, 5.41) is 3.88. The average molecular weight is 721 g/mol. The number of amides is 2. The van der Waals surface area contributed by atoms with Crippen LogP contribution in [-0.2, 0) is 26.2 Å². The molecule has 1 saturated carbocycles. The minimum absolute atomic E-state index is 0.0159. The summed E-state index contributed by atoms with van der Waals surface area (Å²) in [5.74, 6) is 0.213. The van der Waals surface area contributed by atoms with E-state index >= 15 is 0 Å². The second-order valence-electron chi connectivity index (χ2n) is 11.5. The Labute approximate surface area is 293 Å². The van der Waals surface area contributed by atoms with Crippen LogP contribution < -0.4 is 23.8 Å². The van der Waals surface area contributed by atoms with Gasteiger partial charge in [-0.25, -0.2) is 8.42 Å². The Bertz CT molecular complexity index is 1670. The first-order valence-corrected chi connectivity index (χ1v) is 18.2.